The number of carbonyl (C=O) groups is 2. The van der Waals surface area contributed by atoms with Crippen molar-refractivity contribution < 1.29 is 9.59 Å². The Balaban J connectivity index is 1.70. The Hall–Kier alpha value is -3.40. The molecule has 4 rings (SSSR count). The molecular weight excluding hydrogens is 360 g/mol. The van der Waals surface area contributed by atoms with Crippen LogP contribution in [0.2, 0.25) is 0 Å². The van der Waals surface area contributed by atoms with Crippen LogP contribution in [0.3, 0.4) is 0 Å². The molecule has 3 aromatic rings. The second kappa shape index (κ2) is 8.31. The van der Waals surface area contributed by atoms with Gasteiger partial charge in [-0.3, -0.25) is 9.59 Å². The summed E-state index contributed by atoms with van der Waals surface area (Å²) in [4.78, 5) is 27.1. The topological polar surface area (TPSA) is 49.4 Å². The lowest BCUT2D eigenvalue weighted by molar-refractivity contribution is -0.119. The molecule has 0 heterocycles. The molecule has 0 unspecified atom stereocenters. The zero-order valence-electron chi connectivity index (χ0n) is 16.4. The van der Waals surface area contributed by atoms with Crippen molar-refractivity contribution in [3.63, 3.8) is 0 Å². The second-order valence-corrected chi connectivity index (χ2v) is 7.42. The van der Waals surface area contributed by atoms with Crippen molar-refractivity contribution >= 4 is 23.2 Å². The first-order valence-corrected chi connectivity index (χ1v) is 9.94. The lowest BCUT2D eigenvalue weighted by Gasteiger charge is -2.28. The van der Waals surface area contributed by atoms with E-state index in [1.807, 2.05) is 89.8 Å². The number of hydrogen-bond donors (Lipinski definition) is 1. The number of benzene rings is 3. The summed E-state index contributed by atoms with van der Waals surface area (Å²) in [5.74, 6) is -0.383. The largest absolute Gasteiger partial charge is 0.326 e. The van der Waals surface area contributed by atoms with E-state index < -0.39 is 0 Å². The third-order valence-electron chi connectivity index (χ3n) is 5.13. The standard InChI is InChI=1S/C25H24N2O2/c1-18(28)26-21-12-14-22(15-13-21)27(23-16-17-23)25(29)24(19-8-4-2-5-9-19)20-10-6-3-7-11-20/h2-15,23-24H,16-17H2,1H3,(H,26,28). The number of nitrogens with one attached hydrogen (secondary N) is 1. The molecule has 3 aromatic carbocycles. The molecule has 146 valence electrons. The lowest BCUT2D eigenvalue weighted by Crippen LogP contribution is -2.37. The summed E-state index contributed by atoms with van der Waals surface area (Å²) in [7, 11) is 0. The maximum atomic E-state index is 13.8. The van der Waals surface area contributed by atoms with Crippen molar-refractivity contribution in [3.05, 3.63) is 96.1 Å². The van der Waals surface area contributed by atoms with E-state index >= 15 is 0 Å². The van der Waals surface area contributed by atoms with E-state index in [4.69, 9.17) is 0 Å². The molecule has 1 aliphatic carbocycles. The van der Waals surface area contributed by atoms with Crippen LogP contribution in [0.1, 0.15) is 36.8 Å². The van der Waals surface area contributed by atoms with Crippen LogP contribution in [0.25, 0.3) is 0 Å². The quantitative estimate of drug-likeness (QED) is 0.652. The zero-order chi connectivity index (χ0) is 20.2. The van der Waals surface area contributed by atoms with E-state index in [0.717, 1.165) is 35.3 Å². The summed E-state index contributed by atoms with van der Waals surface area (Å²) in [5, 5.41) is 2.78. The monoisotopic (exact) mass is 384 g/mol. The Labute approximate surface area is 171 Å². The van der Waals surface area contributed by atoms with Gasteiger partial charge >= 0.3 is 0 Å². The van der Waals surface area contributed by atoms with Crippen LogP contribution in [0.4, 0.5) is 11.4 Å². The van der Waals surface area contributed by atoms with Gasteiger partial charge in [-0.2, -0.15) is 0 Å². The zero-order valence-corrected chi connectivity index (χ0v) is 16.4. The molecule has 0 aliphatic heterocycles. The normalized spacial score (nSPS) is 13.2. The molecule has 29 heavy (non-hydrogen) atoms. The number of carbonyl (C=O) groups excluding carboxylic acids is 2. The molecule has 2 amide bonds. The molecule has 1 N–H and O–H groups in total. The Morgan fingerprint density at radius 2 is 1.34 bits per heavy atom. The van der Waals surface area contributed by atoms with E-state index in [9.17, 15) is 9.59 Å². The Morgan fingerprint density at radius 1 is 0.828 bits per heavy atom. The van der Waals surface area contributed by atoms with Gasteiger partial charge < -0.3 is 10.2 Å². The van der Waals surface area contributed by atoms with Gasteiger partial charge in [0.2, 0.25) is 11.8 Å². The Kier molecular flexibility index (Phi) is 5.43. The molecule has 1 fully saturated rings. The van der Waals surface area contributed by atoms with E-state index in [1.165, 1.54) is 6.92 Å². The molecular formula is C25H24N2O2. The van der Waals surface area contributed by atoms with Gasteiger partial charge in [-0.15, -0.1) is 0 Å². The molecule has 0 atom stereocenters. The third kappa shape index (κ3) is 4.37. The fourth-order valence-electron chi connectivity index (χ4n) is 3.67. The Morgan fingerprint density at radius 3 is 1.79 bits per heavy atom. The first-order valence-electron chi connectivity index (χ1n) is 9.94. The van der Waals surface area contributed by atoms with E-state index in [1.54, 1.807) is 0 Å². The van der Waals surface area contributed by atoms with Crippen LogP contribution in [0, 0.1) is 0 Å². The summed E-state index contributed by atoms with van der Waals surface area (Å²) < 4.78 is 0. The van der Waals surface area contributed by atoms with Gasteiger partial charge in [-0.05, 0) is 48.2 Å². The predicted molar refractivity (Wildman–Crippen MR) is 116 cm³/mol. The Bertz CT molecular complexity index is 941. The summed E-state index contributed by atoms with van der Waals surface area (Å²) in [5.41, 5.74) is 3.57. The number of anilines is 2. The minimum atomic E-state index is -0.354. The number of hydrogen-bond acceptors (Lipinski definition) is 2. The fourth-order valence-corrected chi connectivity index (χ4v) is 3.67. The predicted octanol–water partition coefficient (Wildman–Crippen LogP) is 4.97. The van der Waals surface area contributed by atoms with E-state index in [-0.39, 0.29) is 23.8 Å². The van der Waals surface area contributed by atoms with Gasteiger partial charge in [-0.1, -0.05) is 60.7 Å². The van der Waals surface area contributed by atoms with Crippen molar-refractivity contribution in [2.75, 3.05) is 10.2 Å². The van der Waals surface area contributed by atoms with Crippen molar-refractivity contribution in [1.82, 2.24) is 0 Å². The van der Waals surface area contributed by atoms with Crippen LogP contribution in [-0.4, -0.2) is 17.9 Å². The van der Waals surface area contributed by atoms with Gasteiger partial charge in [0, 0.05) is 24.3 Å². The smallest absolute Gasteiger partial charge is 0.239 e. The van der Waals surface area contributed by atoms with Gasteiger partial charge in [0.05, 0.1) is 5.92 Å². The minimum absolute atomic E-state index is 0.0807. The molecule has 0 saturated heterocycles. The highest BCUT2D eigenvalue weighted by molar-refractivity contribution is 6.01. The van der Waals surface area contributed by atoms with Crippen molar-refractivity contribution in [2.24, 2.45) is 0 Å². The molecule has 0 aromatic heterocycles. The van der Waals surface area contributed by atoms with Gasteiger partial charge in [-0.25, -0.2) is 0 Å². The highest BCUT2D eigenvalue weighted by Gasteiger charge is 2.38. The number of rotatable bonds is 6. The number of nitrogens with zero attached hydrogens (tertiary/aromatic N) is 1. The molecule has 0 spiro atoms. The average Bonchev–Trinajstić information content (AvgIpc) is 3.56. The van der Waals surface area contributed by atoms with Crippen LogP contribution in [-0.2, 0) is 9.59 Å². The first-order chi connectivity index (χ1) is 14.1. The second-order valence-electron chi connectivity index (χ2n) is 7.42. The van der Waals surface area contributed by atoms with Gasteiger partial charge in [0.1, 0.15) is 0 Å². The fraction of sp³-hybridized carbons (Fsp3) is 0.200. The summed E-state index contributed by atoms with van der Waals surface area (Å²) in [6.45, 7) is 1.48. The maximum absolute atomic E-state index is 13.8. The SMILES string of the molecule is CC(=O)Nc1ccc(N(C(=O)C(c2ccccc2)c2ccccc2)C2CC2)cc1. The van der Waals surface area contributed by atoms with Crippen molar-refractivity contribution in [3.8, 4) is 0 Å². The minimum Gasteiger partial charge on any atom is -0.326 e. The summed E-state index contributed by atoms with van der Waals surface area (Å²) in [6, 6.07) is 27.6. The van der Waals surface area contributed by atoms with Crippen LogP contribution < -0.4 is 10.2 Å². The lowest BCUT2D eigenvalue weighted by atomic mass is 9.89. The highest BCUT2D eigenvalue weighted by Crippen LogP contribution is 2.37. The van der Waals surface area contributed by atoms with Gasteiger partial charge in [0.25, 0.3) is 0 Å². The molecule has 4 heteroatoms. The molecule has 4 nitrogen and oxygen atoms in total. The highest BCUT2D eigenvalue weighted by atomic mass is 16.2. The van der Waals surface area contributed by atoms with Crippen LogP contribution in [0.5, 0.6) is 0 Å². The van der Waals surface area contributed by atoms with E-state index in [2.05, 4.69) is 5.32 Å². The summed E-state index contributed by atoms with van der Waals surface area (Å²) >= 11 is 0. The van der Waals surface area contributed by atoms with Crippen molar-refractivity contribution in [1.29, 1.82) is 0 Å². The van der Waals surface area contributed by atoms with Gasteiger partial charge in [0.15, 0.2) is 0 Å². The summed E-state index contributed by atoms with van der Waals surface area (Å²) in [6.07, 6.45) is 2.02. The van der Waals surface area contributed by atoms with Crippen LogP contribution in [0.15, 0.2) is 84.9 Å². The van der Waals surface area contributed by atoms with Crippen LogP contribution >= 0.6 is 0 Å². The maximum Gasteiger partial charge on any atom is 0.239 e. The average molecular weight is 384 g/mol. The molecule has 0 bridgehead atoms. The molecule has 0 radical (unpaired) electrons. The third-order valence-corrected chi connectivity index (χ3v) is 5.13. The molecule has 1 saturated carbocycles. The van der Waals surface area contributed by atoms with E-state index in [0.29, 0.717) is 0 Å². The first kappa shape index (κ1) is 18.9. The van der Waals surface area contributed by atoms with Crippen molar-refractivity contribution in [2.45, 2.75) is 31.7 Å². The molecule has 1 aliphatic rings. The number of amides is 2.